The van der Waals surface area contributed by atoms with Crippen molar-refractivity contribution in [3.63, 3.8) is 0 Å². The Morgan fingerprint density at radius 1 is 1.25 bits per heavy atom. The van der Waals surface area contributed by atoms with Crippen LogP contribution in [0.5, 0.6) is 0 Å². The average molecular weight is 168 g/mol. The average Bonchev–Trinajstić information content (AvgIpc) is 1.00. The maximum atomic E-state index is 3.08. The van der Waals surface area contributed by atoms with Gasteiger partial charge in [0.15, 0.2) is 0 Å². The molecule has 0 bridgehead atoms. The zero-order chi connectivity index (χ0) is 2.00. The Balaban J connectivity index is -0.00000000500. The minimum atomic E-state index is 0. The molecule has 0 aromatic heterocycles. The molecule has 0 aromatic carbocycles. The van der Waals surface area contributed by atoms with E-state index in [0.717, 1.165) is 8.85 Å². The maximum absolute atomic E-state index is 3.08. The fourth-order valence-electron chi connectivity index (χ4n) is 0. The van der Waals surface area contributed by atoms with E-state index in [-0.39, 0.29) is 89.1 Å². The molecule has 4 heavy (non-hydrogen) atoms. The molecule has 0 aliphatic rings. The molecular weight excluding hydrogens is 162 g/mol. The Morgan fingerprint density at radius 2 is 1.25 bits per heavy atom. The van der Waals surface area contributed by atoms with Gasteiger partial charge in [-0.05, 0) is 0 Å². The van der Waals surface area contributed by atoms with Crippen molar-refractivity contribution in [2.75, 3.05) is 0 Å². The molecule has 4 heteroatoms. The van der Waals surface area contributed by atoms with E-state index in [1.807, 2.05) is 0 Å². The van der Waals surface area contributed by atoms with E-state index in [1.54, 1.807) is 0 Å². The molecule has 20 valence electrons. The van der Waals surface area contributed by atoms with Gasteiger partial charge in [-0.1, -0.05) is 0 Å². The number of rotatable bonds is 0. The van der Waals surface area contributed by atoms with E-state index in [2.05, 4.69) is 15.4 Å². The van der Waals surface area contributed by atoms with Gasteiger partial charge in [-0.25, -0.2) is 0 Å². The molecule has 0 saturated heterocycles. The molecule has 0 rings (SSSR count). The Bertz CT molecular complexity index is 8.00. The van der Waals surface area contributed by atoms with Gasteiger partial charge in [-0.3, -0.25) is 0 Å². The summed E-state index contributed by atoms with van der Waals surface area (Å²) in [5.41, 5.74) is 0. The molecule has 0 fully saturated rings. The van der Waals surface area contributed by atoms with E-state index < -0.39 is 0 Å². The van der Waals surface area contributed by atoms with Crippen molar-refractivity contribution in [3.8, 4) is 0 Å². The number of hydrogen-bond donors (Lipinski definition) is 0. The fourth-order valence-corrected chi connectivity index (χ4v) is 0. The third-order valence-electron chi connectivity index (χ3n) is 0. The van der Waals surface area contributed by atoms with E-state index in [0.29, 0.717) is 0 Å². The van der Waals surface area contributed by atoms with Gasteiger partial charge in [0.05, 0.1) is 0 Å². The Hall–Kier alpha value is 3.63. The van der Waals surface area contributed by atoms with Crippen LogP contribution >= 0.6 is 0 Å². The monoisotopic (exact) mass is 168 g/mol. The predicted octanol–water partition coefficient (Wildman–Crippen LogP) is -2.75. The minimum absolute atomic E-state index is 0. The van der Waals surface area contributed by atoms with Crippen LogP contribution in [0.3, 0.4) is 0 Å². The fraction of sp³-hybridized carbons (Fsp3) is 0. The van der Waals surface area contributed by atoms with Gasteiger partial charge in [0, 0.05) is 0 Å². The second kappa shape index (κ2) is 15.9. The van der Waals surface area contributed by atoms with Crippen molar-refractivity contribution >= 4 is 98.0 Å². The summed E-state index contributed by atoms with van der Waals surface area (Å²) in [6.07, 6.45) is 0. The van der Waals surface area contributed by atoms with E-state index in [9.17, 15) is 0 Å². The molecule has 0 saturated carbocycles. The Morgan fingerprint density at radius 3 is 1.25 bits per heavy atom. The van der Waals surface area contributed by atoms with Crippen molar-refractivity contribution in [3.05, 3.63) is 0 Å². The summed E-state index contributed by atoms with van der Waals surface area (Å²) in [6, 6.07) is 0. The van der Waals surface area contributed by atoms with Gasteiger partial charge in [0.1, 0.15) is 0 Å². The van der Waals surface area contributed by atoms with Crippen LogP contribution in [0.25, 0.3) is 0 Å². The molecule has 0 nitrogen and oxygen atoms in total. The van der Waals surface area contributed by atoms with Crippen LogP contribution in [0.4, 0.5) is 0 Å². The van der Waals surface area contributed by atoms with Gasteiger partial charge >= 0.3 is 113 Å². The molecular formula is H6CaKMnSi. The summed E-state index contributed by atoms with van der Waals surface area (Å²) in [7, 11) is 1.12. The molecule has 0 N–H and O–H groups in total. The molecule has 0 aliphatic heterocycles. The normalized spacial score (nSPS) is 2.25. The van der Waals surface area contributed by atoms with Crippen LogP contribution in [-0.2, 0) is 15.4 Å². The second-order valence-electron chi connectivity index (χ2n) is 0. The van der Waals surface area contributed by atoms with E-state index >= 15 is 0 Å². The van der Waals surface area contributed by atoms with Gasteiger partial charge in [0.2, 0.25) is 0 Å². The van der Waals surface area contributed by atoms with Gasteiger partial charge in [0.25, 0.3) is 0 Å². The quantitative estimate of drug-likeness (QED) is 0.344. The Kier molecular flexibility index (Phi) is 62.4. The first-order chi connectivity index (χ1) is 1.00. The Labute approximate surface area is 110 Å². The molecule has 0 heterocycles. The second-order valence-corrected chi connectivity index (χ2v) is 0. The zero-order valence-corrected chi connectivity index (χ0v) is 4.56. The van der Waals surface area contributed by atoms with Crippen LogP contribution in [0, 0.1) is 0 Å². The van der Waals surface area contributed by atoms with E-state index in [4.69, 9.17) is 0 Å². The van der Waals surface area contributed by atoms with Gasteiger partial charge in [-0.2, -0.15) is 0 Å². The summed E-state index contributed by atoms with van der Waals surface area (Å²) in [6.45, 7) is 0. The molecule has 0 unspecified atom stereocenters. The summed E-state index contributed by atoms with van der Waals surface area (Å²) in [5.74, 6) is 0. The van der Waals surface area contributed by atoms with Crippen molar-refractivity contribution in [2.45, 2.75) is 0 Å². The summed E-state index contributed by atoms with van der Waals surface area (Å²) in [4.78, 5) is 0. The molecule has 0 aromatic rings. The SMILES string of the molecule is [CaH2].[KH].[SiH3][Mn]. The van der Waals surface area contributed by atoms with Gasteiger partial charge in [-0.15, -0.1) is 0 Å². The predicted molar refractivity (Wildman–Crippen MR) is 25.6 cm³/mol. The van der Waals surface area contributed by atoms with Crippen LogP contribution in [0.1, 0.15) is 0 Å². The first-order valence-electron chi connectivity index (χ1n) is 0.378. The van der Waals surface area contributed by atoms with Crippen molar-refractivity contribution in [2.24, 2.45) is 0 Å². The van der Waals surface area contributed by atoms with Gasteiger partial charge < -0.3 is 0 Å². The van der Waals surface area contributed by atoms with Crippen LogP contribution in [0.2, 0.25) is 0 Å². The third kappa shape index (κ3) is 9.16. The topological polar surface area (TPSA) is 0 Å². The van der Waals surface area contributed by atoms with Crippen molar-refractivity contribution < 1.29 is 15.4 Å². The molecule has 0 spiro atoms. The van der Waals surface area contributed by atoms with Crippen LogP contribution in [0.15, 0.2) is 0 Å². The molecule has 0 atom stereocenters. The van der Waals surface area contributed by atoms with Crippen molar-refractivity contribution in [1.82, 2.24) is 0 Å². The van der Waals surface area contributed by atoms with Crippen molar-refractivity contribution in [1.29, 1.82) is 0 Å². The van der Waals surface area contributed by atoms with Crippen LogP contribution in [-0.4, -0.2) is 98.0 Å². The summed E-state index contributed by atoms with van der Waals surface area (Å²) < 4.78 is 0. The molecule has 0 radical (unpaired) electrons. The number of hydrogen-bond acceptors (Lipinski definition) is 0. The third-order valence-corrected chi connectivity index (χ3v) is 0. The van der Waals surface area contributed by atoms with E-state index in [1.165, 1.54) is 0 Å². The standard InChI is InChI=1S/Ca.K.Mn.H3Si.3H/h;;;1H3;;;. The summed E-state index contributed by atoms with van der Waals surface area (Å²) in [5, 5.41) is 0. The van der Waals surface area contributed by atoms with Crippen LogP contribution < -0.4 is 0 Å². The molecule has 0 amide bonds. The summed E-state index contributed by atoms with van der Waals surface area (Å²) >= 11 is 3.08. The first kappa shape index (κ1) is 15.6. The first-order valence-corrected chi connectivity index (χ1v) is 4.68. The zero-order valence-electron chi connectivity index (χ0n) is 1.38. The molecule has 0 aliphatic carbocycles.